The standard InChI is InChI=1S/C18H17ClN2OS/c1-13(14-7-3-2-4-8-14)20-18(23)21-17(22)12-11-15-9-5-6-10-16(15)19/h2-13H,1H3,(H2,20,21,22,23)/b12-11+/t13-/m1/s1. The van der Waals surface area contributed by atoms with Crippen LogP contribution in [-0.2, 0) is 4.79 Å². The summed E-state index contributed by atoms with van der Waals surface area (Å²) in [6.45, 7) is 1.98. The molecule has 0 saturated heterocycles. The molecule has 2 aromatic carbocycles. The Labute approximate surface area is 146 Å². The molecule has 0 heterocycles. The number of halogens is 1. The number of thiocarbonyl (C=S) groups is 1. The molecule has 5 heteroatoms. The van der Waals surface area contributed by atoms with E-state index in [4.69, 9.17) is 23.8 Å². The molecule has 0 bridgehead atoms. The number of hydrogen-bond acceptors (Lipinski definition) is 2. The summed E-state index contributed by atoms with van der Waals surface area (Å²) in [4.78, 5) is 11.9. The van der Waals surface area contributed by atoms with Gasteiger partial charge in [0.25, 0.3) is 0 Å². The second-order valence-corrected chi connectivity index (χ2v) is 5.77. The SMILES string of the molecule is C[C@@H](NC(=S)NC(=O)/C=C/c1ccccc1Cl)c1ccccc1. The Hall–Kier alpha value is -2.17. The molecule has 0 unspecified atom stereocenters. The van der Waals surface area contributed by atoms with Crippen molar-refractivity contribution in [1.82, 2.24) is 10.6 Å². The molecule has 0 spiro atoms. The van der Waals surface area contributed by atoms with Crippen molar-refractivity contribution in [2.75, 3.05) is 0 Å². The predicted molar refractivity (Wildman–Crippen MR) is 99.2 cm³/mol. The van der Waals surface area contributed by atoms with Gasteiger partial charge < -0.3 is 5.32 Å². The van der Waals surface area contributed by atoms with Gasteiger partial charge in [-0.1, -0.05) is 60.1 Å². The van der Waals surface area contributed by atoms with Crippen molar-refractivity contribution >= 4 is 40.9 Å². The lowest BCUT2D eigenvalue weighted by Gasteiger charge is -2.16. The maximum Gasteiger partial charge on any atom is 0.250 e. The molecule has 3 nitrogen and oxygen atoms in total. The summed E-state index contributed by atoms with van der Waals surface area (Å²) in [6.07, 6.45) is 3.06. The molecule has 0 saturated carbocycles. The summed E-state index contributed by atoms with van der Waals surface area (Å²) in [7, 11) is 0. The second-order valence-electron chi connectivity index (χ2n) is 4.95. The van der Waals surface area contributed by atoms with Crippen LogP contribution in [0, 0.1) is 0 Å². The van der Waals surface area contributed by atoms with E-state index in [2.05, 4.69) is 10.6 Å². The van der Waals surface area contributed by atoms with Crippen LogP contribution in [0.3, 0.4) is 0 Å². The largest absolute Gasteiger partial charge is 0.356 e. The first-order valence-electron chi connectivity index (χ1n) is 7.15. The topological polar surface area (TPSA) is 41.1 Å². The monoisotopic (exact) mass is 344 g/mol. The van der Waals surface area contributed by atoms with Crippen LogP contribution in [-0.4, -0.2) is 11.0 Å². The molecule has 0 fully saturated rings. The van der Waals surface area contributed by atoms with Crippen LogP contribution in [0.5, 0.6) is 0 Å². The molecule has 0 radical (unpaired) electrons. The first-order chi connectivity index (χ1) is 11.1. The lowest BCUT2D eigenvalue weighted by Crippen LogP contribution is -2.39. The van der Waals surface area contributed by atoms with E-state index in [0.29, 0.717) is 5.02 Å². The first-order valence-corrected chi connectivity index (χ1v) is 7.94. The number of benzene rings is 2. The summed E-state index contributed by atoms with van der Waals surface area (Å²) in [5, 5.41) is 6.58. The summed E-state index contributed by atoms with van der Waals surface area (Å²) in [5.41, 5.74) is 1.87. The predicted octanol–water partition coefficient (Wildman–Crippen LogP) is 4.11. The van der Waals surface area contributed by atoms with Crippen LogP contribution >= 0.6 is 23.8 Å². The molecule has 118 valence electrons. The third-order valence-electron chi connectivity index (χ3n) is 3.20. The lowest BCUT2D eigenvalue weighted by molar-refractivity contribution is -0.115. The Morgan fingerprint density at radius 2 is 1.78 bits per heavy atom. The minimum Gasteiger partial charge on any atom is -0.356 e. The number of carbonyl (C=O) groups excluding carboxylic acids is 1. The Morgan fingerprint density at radius 3 is 2.48 bits per heavy atom. The van der Waals surface area contributed by atoms with Gasteiger partial charge in [-0.3, -0.25) is 10.1 Å². The second kappa shape index (κ2) is 8.46. The van der Waals surface area contributed by atoms with Gasteiger partial charge in [0, 0.05) is 11.1 Å². The van der Waals surface area contributed by atoms with Crippen LogP contribution in [0.1, 0.15) is 24.1 Å². The highest BCUT2D eigenvalue weighted by Gasteiger charge is 2.07. The molecular formula is C18H17ClN2OS. The average molecular weight is 345 g/mol. The van der Waals surface area contributed by atoms with E-state index in [1.165, 1.54) is 6.08 Å². The van der Waals surface area contributed by atoms with E-state index in [0.717, 1.165) is 11.1 Å². The maximum atomic E-state index is 11.9. The van der Waals surface area contributed by atoms with E-state index in [9.17, 15) is 4.79 Å². The van der Waals surface area contributed by atoms with Gasteiger partial charge in [-0.2, -0.15) is 0 Å². The molecule has 2 aromatic rings. The Kier molecular flexibility index (Phi) is 6.32. The number of carbonyl (C=O) groups is 1. The highest BCUT2D eigenvalue weighted by Crippen LogP contribution is 2.16. The zero-order valence-corrected chi connectivity index (χ0v) is 14.2. The molecule has 2 N–H and O–H groups in total. The fourth-order valence-corrected chi connectivity index (χ4v) is 2.46. The maximum absolute atomic E-state index is 11.9. The van der Waals surface area contributed by atoms with E-state index in [1.807, 2.05) is 55.5 Å². The van der Waals surface area contributed by atoms with Crippen molar-refractivity contribution in [1.29, 1.82) is 0 Å². The smallest absolute Gasteiger partial charge is 0.250 e. The Bertz CT molecular complexity index is 716. The minimum absolute atomic E-state index is 0.0107. The van der Waals surface area contributed by atoms with Gasteiger partial charge in [-0.15, -0.1) is 0 Å². The van der Waals surface area contributed by atoms with E-state index < -0.39 is 0 Å². The average Bonchev–Trinajstić information content (AvgIpc) is 2.54. The van der Waals surface area contributed by atoms with Gasteiger partial charge in [0.05, 0.1) is 6.04 Å². The van der Waals surface area contributed by atoms with Crippen LogP contribution in [0.2, 0.25) is 5.02 Å². The third kappa shape index (κ3) is 5.51. The molecule has 0 aliphatic rings. The highest BCUT2D eigenvalue weighted by atomic mass is 35.5. The van der Waals surface area contributed by atoms with Crippen LogP contribution in [0.15, 0.2) is 60.7 Å². The van der Waals surface area contributed by atoms with Gasteiger partial charge in [0.15, 0.2) is 5.11 Å². The third-order valence-corrected chi connectivity index (χ3v) is 3.77. The number of rotatable bonds is 4. The van der Waals surface area contributed by atoms with E-state index >= 15 is 0 Å². The lowest BCUT2D eigenvalue weighted by atomic mass is 10.1. The molecule has 1 atom stereocenters. The summed E-state index contributed by atoms with van der Waals surface area (Å²) in [6, 6.07) is 17.2. The van der Waals surface area contributed by atoms with Crippen molar-refractivity contribution in [2.24, 2.45) is 0 Å². The number of nitrogens with one attached hydrogen (secondary N) is 2. The molecule has 0 aromatic heterocycles. The zero-order chi connectivity index (χ0) is 16.7. The normalized spacial score (nSPS) is 11.9. The number of amides is 1. The molecule has 2 rings (SSSR count). The van der Waals surface area contributed by atoms with Crippen molar-refractivity contribution in [3.8, 4) is 0 Å². The summed E-state index contributed by atoms with van der Waals surface area (Å²) in [5.74, 6) is -0.303. The van der Waals surface area contributed by atoms with Crippen molar-refractivity contribution in [2.45, 2.75) is 13.0 Å². The van der Waals surface area contributed by atoms with E-state index in [-0.39, 0.29) is 17.1 Å². The fraction of sp³-hybridized carbons (Fsp3) is 0.111. The minimum atomic E-state index is -0.303. The number of hydrogen-bond donors (Lipinski definition) is 2. The van der Waals surface area contributed by atoms with Gasteiger partial charge in [-0.25, -0.2) is 0 Å². The van der Waals surface area contributed by atoms with Crippen LogP contribution in [0.25, 0.3) is 6.08 Å². The van der Waals surface area contributed by atoms with E-state index in [1.54, 1.807) is 12.1 Å². The van der Waals surface area contributed by atoms with Crippen molar-refractivity contribution < 1.29 is 4.79 Å². The Balaban J connectivity index is 1.88. The van der Waals surface area contributed by atoms with Gasteiger partial charge in [0.2, 0.25) is 5.91 Å². The quantitative estimate of drug-likeness (QED) is 0.648. The summed E-state index contributed by atoms with van der Waals surface area (Å²) >= 11 is 11.2. The van der Waals surface area contributed by atoms with Gasteiger partial charge >= 0.3 is 0 Å². The molecule has 1 amide bonds. The van der Waals surface area contributed by atoms with Crippen LogP contribution < -0.4 is 10.6 Å². The fourth-order valence-electron chi connectivity index (χ4n) is 1.99. The van der Waals surface area contributed by atoms with Crippen LogP contribution in [0.4, 0.5) is 0 Å². The van der Waals surface area contributed by atoms with Crippen molar-refractivity contribution in [3.63, 3.8) is 0 Å². The molecular weight excluding hydrogens is 328 g/mol. The molecule has 23 heavy (non-hydrogen) atoms. The zero-order valence-electron chi connectivity index (χ0n) is 12.6. The summed E-state index contributed by atoms with van der Waals surface area (Å²) < 4.78 is 0. The molecule has 0 aliphatic carbocycles. The molecule has 0 aliphatic heterocycles. The van der Waals surface area contributed by atoms with Crippen molar-refractivity contribution in [3.05, 3.63) is 76.8 Å². The van der Waals surface area contributed by atoms with Gasteiger partial charge in [-0.05, 0) is 42.4 Å². The Morgan fingerprint density at radius 1 is 1.13 bits per heavy atom. The highest BCUT2D eigenvalue weighted by molar-refractivity contribution is 7.80. The first kappa shape index (κ1) is 17.2. The van der Waals surface area contributed by atoms with Gasteiger partial charge in [0.1, 0.15) is 0 Å².